The van der Waals surface area contributed by atoms with Gasteiger partial charge in [0.2, 0.25) is 11.8 Å². The topological polar surface area (TPSA) is 121 Å². The van der Waals surface area contributed by atoms with E-state index in [0.29, 0.717) is 5.02 Å². The van der Waals surface area contributed by atoms with Gasteiger partial charge in [-0.25, -0.2) is 4.79 Å². The van der Waals surface area contributed by atoms with Crippen LogP contribution in [0, 0.1) is 18.3 Å². The van der Waals surface area contributed by atoms with Crippen molar-refractivity contribution in [1.82, 2.24) is 5.32 Å². The van der Waals surface area contributed by atoms with Crippen molar-refractivity contribution in [2.24, 2.45) is 0 Å². The number of rotatable bonds is 5. The molecule has 0 aliphatic heterocycles. The number of benzene rings is 1. The van der Waals surface area contributed by atoms with E-state index in [1.807, 2.05) is 0 Å². The zero-order chi connectivity index (χ0) is 20.1. The number of nitrogens with one attached hydrogen (secondary N) is 2. The van der Waals surface area contributed by atoms with E-state index in [2.05, 4.69) is 15.4 Å². The third kappa shape index (κ3) is 4.58. The monoisotopic (exact) mass is 409 g/mol. The number of nitrogens with zero attached hydrogens (tertiary/aromatic N) is 1. The lowest BCUT2D eigenvalue weighted by atomic mass is 10.1. The Morgan fingerprint density at radius 1 is 1.30 bits per heavy atom. The maximum absolute atomic E-state index is 12.1. The lowest BCUT2D eigenvalue weighted by molar-refractivity contribution is -0.115. The molecule has 0 saturated carbocycles. The summed E-state index contributed by atoms with van der Waals surface area (Å²) in [7, 11) is 1.16. The number of amides is 2. The second kappa shape index (κ2) is 8.58. The van der Waals surface area contributed by atoms with E-state index in [0.717, 1.165) is 7.11 Å². The highest BCUT2D eigenvalue weighted by Gasteiger charge is 2.25. The Hall–Kier alpha value is -3.02. The van der Waals surface area contributed by atoms with Crippen LogP contribution in [0.4, 0.5) is 5.88 Å². The maximum atomic E-state index is 12.1. The van der Waals surface area contributed by atoms with E-state index in [-0.39, 0.29) is 33.4 Å². The van der Waals surface area contributed by atoms with Crippen molar-refractivity contribution in [3.63, 3.8) is 0 Å². The lowest BCUT2D eigenvalue weighted by Crippen LogP contribution is -2.33. The molecule has 0 radical (unpaired) electrons. The molecule has 0 atom stereocenters. The highest BCUT2D eigenvalue weighted by atomic mass is 35.5. The molecule has 1 heterocycles. The van der Waals surface area contributed by atoms with Crippen LogP contribution >= 0.6 is 23.2 Å². The Morgan fingerprint density at radius 2 is 2.00 bits per heavy atom. The second-order valence-corrected chi connectivity index (χ2v) is 6.04. The highest BCUT2D eigenvalue weighted by molar-refractivity contribution is 6.36. The fraction of sp³-hybridized carbons (Fsp3) is 0.176. The zero-order valence-corrected chi connectivity index (χ0v) is 15.7. The Bertz CT molecular complexity index is 962. The van der Waals surface area contributed by atoms with Crippen molar-refractivity contribution in [3.8, 4) is 6.07 Å². The van der Waals surface area contributed by atoms with Crippen LogP contribution in [0.5, 0.6) is 0 Å². The standard InChI is InChI=1S/C17H13Cl2N3O5/c1-8-14(17(25)26-2)11(6-20)16(27-8)22-13(23)7-21-15(24)10-4-3-9(18)5-12(10)19/h3-5H,7H2,1-2H3,(H,21,24)(H,22,23). The van der Waals surface area contributed by atoms with Crippen LogP contribution in [0.1, 0.15) is 32.0 Å². The molecule has 0 spiro atoms. The van der Waals surface area contributed by atoms with E-state index >= 15 is 0 Å². The van der Waals surface area contributed by atoms with Crippen LogP contribution in [0.3, 0.4) is 0 Å². The molecule has 2 amide bonds. The third-order valence-corrected chi connectivity index (χ3v) is 3.97. The predicted molar refractivity (Wildman–Crippen MR) is 96.9 cm³/mol. The Morgan fingerprint density at radius 3 is 2.59 bits per heavy atom. The molecule has 2 rings (SSSR count). The van der Waals surface area contributed by atoms with Gasteiger partial charge in [-0.2, -0.15) is 5.26 Å². The van der Waals surface area contributed by atoms with Crippen molar-refractivity contribution >= 4 is 46.9 Å². The fourth-order valence-corrected chi connectivity index (χ4v) is 2.68. The summed E-state index contributed by atoms with van der Waals surface area (Å²) < 4.78 is 9.83. The SMILES string of the molecule is COC(=O)c1c(C)oc(NC(=O)CNC(=O)c2ccc(Cl)cc2Cl)c1C#N. The van der Waals surface area contributed by atoms with Gasteiger partial charge < -0.3 is 14.5 Å². The first-order valence-electron chi connectivity index (χ1n) is 7.43. The molecule has 140 valence electrons. The van der Waals surface area contributed by atoms with Gasteiger partial charge in [0.15, 0.2) is 0 Å². The lowest BCUT2D eigenvalue weighted by Gasteiger charge is -2.07. The first-order chi connectivity index (χ1) is 12.8. The van der Waals surface area contributed by atoms with Crippen LogP contribution in [0.25, 0.3) is 0 Å². The quantitative estimate of drug-likeness (QED) is 0.731. The first-order valence-corrected chi connectivity index (χ1v) is 8.19. The number of hydrogen-bond acceptors (Lipinski definition) is 6. The first kappa shape index (κ1) is 20.3. The van der Waals surface area contributed by atoms with Gasteiger partial charge in [-0.15, -0.1) is 0 Å². The molecule has 0 unspecified atom stereocenters. The molecule has 1 aromatic carbocycles. The Kier molecular flexibility index (Phi) is 6.45. The van der Waals surface area contributed by atoms with E-state index in [4.69, 9.17) is 27.6 Å². The number of hydrogen-bond donors (Lipinski definition) is 2. The van der Waals surface area contributed by atoms with Crippen molar-refractivity contribution in [3.05, 3.63) is 50.7 Å². The number of ether oxygens (including phenoxy) is 1. The number of methoxy groups -OCH3 is 1. The van der Waals surface area contributed by atoms with E-state index < -0.39 is 24.3 Å². The molecule has 10 heteroatoms. The molecule has 0 aliphatic carbocycles. The molecule has 0 bridgehead atoms. The summed E-state index contributed by atoms with van der Waals surface area (Å²) in [6.07, 6.45) is 0. The van der Waals surface area contributed by atoms with Crippen LogP contribution in [0.2, 0.25) is 10.0 Å². The van der Waals surface area contributed by atoms with E-state index in [1.165, 1.54) is 25.1 Å². The van der Waals surface area contributed by atoms with Gasteiger partial charge in [-0.05, 0) is 25.1 Å². The molecule has 2 aromatic rings. The summed E-state index contributed by atoms with van der Waals surface area (Å²) in [6.45, 7) is 1.03. The highest BCUT2D eigenvalue weighted by Crippen LogP contribution is 2.27. The van der Waals surface area contributed by atoms with Crippen LogP contribution in [0.15, 0.2) is 22.6 Å². The number of nitriles is 1. The maximum Gasteiger partial charge on any atom is 0.342 e. The minimum atomic E-state index is -0.765. The number of halogens is 2. The second-order valence-electron chi connectivity index (χ2n) is 5.20. The molecule has 2 N–H and O–H groups in total. The third-order valence-electron chi connectivity index (χ3n) is 3.42. The molecular formula is C17H13Cl2N3O5. The summed E-state index contributed by atoms with van der Waals surface area (Å²) in [6, 6.07) is 6.09. The van der Waals surface area contributed by atoms with Gasteiger partial charge >= 0.3 is 5.97 Å². The number of carbonyl (C=O) groups is 3. The molecule has 1 aromatic heterocycles. The minimum absolute atomic E-state index is 0.0766. The molecule has 0 aliphatic rings. The molecule has 8 nitrogen and oxygen atoms in total. The number of anilines is 1. The summed E-state index contributed by atoms with van der Waals surface area (Å²) in [4.78, 5) is 35.9. The van der Waals surface area contributed by atoms with E-state index in [9.17, 15) is 19.6 Å². The fourth-order valence-electron chi connectivity index (χ4n) is 2.19. The van der Waals surface area contributed by atoms with Gasteiger partial charge in [-0.1, -0.05) is 23.2 Å². The zero-order valence-electron chi connectivity index (χ0n) is 14.2. The van der Waals surface area contributed by atoms with Gasteiger partial charge in [0.05, 0.1) is 24.2 Å². The van der Waals surface area contributed by atoms with Crippen molar-refractivity contribution in [2.45, 2.75) is 6.92 Å². The van der Waals surface area contributed by atoms with Crippen LogP contribution in [-0.4, -0.2) is 31.4 Å². The smallest absolute Gasteiger partial charge is 0.342 e. The van der Waals surface area contributed by atoms with Crippen LogP contribution < -0.4 is 10.6 Å². The summed E-state index contributed by atoms with van der Waals surface area (Å²) in [5, 5.41) is 14.4. The summed E-state index contributed by atoms with van der Waals surface area (Å²) >= 11 is 11.7. The Balaban J connectivity index is 2.07. The van der Waals surface area contributed by atoms with Crippen molar-refractivity contribution < 1.29 is 23.5 Å². The molecular weight excluding hydrogens is 397 g/mol. The van der Waals surface area contributed by atoms with E-state index in [1.54, 1.807) is 6.07 Å². The number of aryl methyl sites for hydroxylation is 1. The van der Waals surface area contributed by atoms with Crippen molar-refractivity contribution in [1.29, 1.82) is 5.26 Å². The number of furan rings is 1. The number of esters is 1. The minimum Gasteiger partial charge on any atom is -0.465 e. The largest absolute Gasteiger partial charge is 0.465 e. The Labute approximate surface area is 164 Å². The summed E-state index contributed by atoms with van der Waals surface area (Å²) in [5.74, 6) is -2.11. The molecule has 0 saturated heterocycles. The van der Waals surface area contributed by atoms with Gasteiger partial charge in [0.25, 0.3) is 5.91 Å². The van der Waals surface area contributed by atoms with Gasteiger partial charge in [0, 0.05) is 5.02 Å². The average Bonchev–Trinajstić information content (AvgIpc) is 2.93. The van der Waals surface area contributed by atoms with Gasteiger partial charge in [-0.3, -0.25) is 14.9 Å². The average molecular weight is 410 g/mol. The summed E-state index contributed by atoms with van der Waals surface area (Å²) in [5.41, 5.74) is -0.0968. The predicted octanol–water partition coefficient (Wildman–Crippen LogP) is 2.92. The number of carbonyl (C=O) groups excluding carboxylic acids is 3. The van der Waals surface area contributed by atoms with Crippen LogP contribution in [-0.2, 0) is 9.53 Å². The normalized spacial score (nSPS) is 10.0. The molecule has 0 fully saturated rings. The van der Waals surface area contributed by atoms with Gasteiger partial charge in [0.1, 0.15) is 23.0 Å². The molecule has 27 heavy (non-hydrogen) atoms. The van der Waals surface area contributed by atoms with Crippen molar-refractivity contribution in [2.75, 3.05) is 19.0 Å².